The number of hydrogen-bond donors (Lipinski definition) is 4. The molecule has 1 fully saturated rings. The quantitative estimate of drug-likeness (QED) is 0.444. The smallest absolute Gasteiger partial charge is 0.200 e. The highest BCUT2D eigenvalue weighted by Crippen LogP contribution is 2.52. The zero-order valence-electron chi connectivity index (χ0n) is 17.5. The highest BCUT2D eigenvalue weighted by atomic mass is 16.5. The number of hydrazine groups is 1. The van der Waals surface area contributed by atoms with E-state index in [-0.39, 0.29) is 30.4 Å². The number of nitrogens with zero attached hydrogens (tertiary/aromatic N) is 2. The number of hydrogen-bond acceptors (Lipinski definition) is 7. The third-order valence-electron chi connectivity index (χ3n) is 6.01. The van der Waals surface area contributed by atoms with Gasteiger partial charge in [-0.2, -0.15) is 10.5 Å². The molecule has 4 atom stereocenters. The van der Waals surface area contributed by atoms with Gasteiger partial charge in [0.25, 0.3) is 0 Å². The fourth-order valence-electron chi connectivity index (χ4n) is 4.78. The first-order valence-electron chi connectivity index (χ1n) is 10.1. The van der Waals surface area contributed by atoms with Gasteiger partial charge in [0.15, 0.2) is 6.23 Å². The van der Waals surface area contributed by atoms with E-state index in [4.69, 9.17) is 15.6 Å². The van der Waals surface area contributed by atoms with Crippen LogP contribution < -0.4 is 16.6 Å². The molecule has 0 spiro atoms. The monoisotopic (exact) mass is 405 g/mol. The van der Waals surface area contributed by atoms with Crippen LogP contribution in [0.3, 0.4) is 0 Å². The molecular weight excluding hydrogens is 378 g/mol. The molecule has 7 nitrogen and oxygen atoms in total. The van der Waals surface area contributed by atoms with Gasteiger partial charge in [-0.15, -0.1) is 0 Å². The lowest BCUT2D eigenvalue weighted by Gasteiger charge is -2.48. The summed E-state index contributed by atoms with van der Waals surface area (Å²) >= 11 is 0. The first kappa shape index (κ1) is 21.7. The van der Waals surface area contributed by atoms with Gasteiger partial charge >= 0.3 is 0 Å². The summed E-state index contributed by atoms with van der Waals surface area (Å²) < 4.78 is 5.83. The molecule has 0 saturated carbocycles. The molecule has 156 valence electrons. The van der Waals surface area contributed by atoms with Crippen LogP contribution >= 0.6 is 0 Å². The van der Waals surface area contributed by atoms with Gasteiger partial charge in [-0.05, 0) is 43.0 Å². The van der Waals surface area contributed by atoms with Crippen molar-refractivity contribution in [3.05, 3.63) is 46.3 Å². The minimum Gasteiger partial charge on any atom is -0.458 e. The van der Waals surface area contributed by atoms with E-state index in [0.717, 1.165) is 5.56 Å². The summed E-state index contributed by atoms with van der Waals surface area (Å²) in [6.45, 7) is 6.25. The van der Waals surface area contributed by atoms with Gasteiger partial charge in [0.1, 0.15) is 11.6 Å². The van der Waals surface area contributed by atoms with Crippen LogP contribution in [0.2, 0.25) is 0 Å². The van der Waals surface area contributed by atoms with Crippen molar-refractivity contribution in [2.24, 2.45) is 17.6 Å². The van der Waals surface area contributed by atoms with Crippen LogP contribution in [0.15, 0.2) is 29.7 Å². The Balaban J connectivity index is 2.26. The molecule has 1 aromatic carbocycles. The number of fused-ring (bicyclic) bond motifs is 1. The number of ether oxygens (including phenoxy) is 1. The van der Waals surface area contributed by atoms with Gasteiger partial charge in [0, 0.05) is 36.0 Å². The maximum atomic E-state index is 10.1. The van der Waals surface area contributed by atoms with Gasteiger partial charge in [0.2, 0.25) is 5.88 Å². The molecule has 0 radical (unpaired) electrons. The number of allylic oxidation sites excluding steroid dienone is 1. The molecular formula is C23H27N5O2. The Morgan fingerprint density at radius 1 is 1.20 bits per heavy atom. The summed E-state index contributed by atoms with van der Waals surface area (Å²) in [4.78, 5) is 0. The Morgan fingerprint density at radius 3 is 2.57 bits per heavy atom. The first-order chi connectivity index (χ1) is 14.4. The lowest BCUT2D eigenvalue weighted by atomic mass is 9.56. The number of unbranched alkanes of at least 4 members (excludes halogenated alkanes) is 1. The second kappa shape index (κ2) is 8.78. The van der Waals surface area contributed by atoms with Crippen LogP contribution in [0, 0.1) is 46.3 Å². The number of aliphatic hydroxyl groups is 1. The Morgan fingerprint density at radius 2 is 1.93 bits per heavy atom. The summed E-state index contributed by atoms with van der Waals surface area (Å²) in [6.07, 6.45) is 0.767. The van der Waals surface area contributed by atoms with E-state index in [1.165, 1.54) is 0 Å². The number of nitrogens with two attached hydrogens (primary N) is 1. The Labute approximate surface area is 177 Å². The maximum Gasteiger partial charge on any atom is 0.200 e. The van der Waals surface area contributed by atoms with E-state index >= 15 is 0 Å². The van der Waals surface area contributed by atoms with Gasteiger partial charge < -0.3 is 15.6 Å². The number of rotatable bonds is 4. The number of nitrogens with one attached hydrogen (secondary N) is 2. The standard InChI is InChI=1S/C23H27N5O2/c1-14(2)23(19(13-25)21(26)30-22-20(23)15(3)27-28-22)18-10-16(7-5-4-6-8-29)9-17(11-18)12-24/h9-11,14-15,20,22,27-29H,4,6,8,26H2,1-3H3. The maximum absolute atomic E-state index is 10.1. The SMILES string of the molecule is CC1NNC2OC(N)=C(C#N)C(c3cc(C#N)cc(C#CCCCO)c3)(C(C)C)C12. The molecule has 2 aliphatic rings. The van der Waals surface area contributed by atoms with E-state index in [1.54, 1.807) is 6.07 Å². The van der Waals surface area contributed by atoms with Crippen LogP contribution in [0.4, 0.5) is 0 Å². The summed E-state index contributed by atoms with van der Waals surface area (Å²) in [5.74, 6) is 6.12. The topological polar surface area (TPSA) is 127 Å². The predicted molar refractivity (Wildman–Crippen MR) is 112 cm³/mol. The van der Waals surface area contributed by atoms with Gasteiger partial charge in [0.05, 0.1) is 11.6 Å². The van der Waals surface area contributed by atoms with Gasteiger partial charge in [-0.3, -0.25) is 5.43 Å². The molecule has 5 N–H and O–H groups in total. The Bertz CT molecular complexity index is 992. The van der Waals surface area contributed by atoms with E-state index < -0.39 is 11.6 Å². The molecule has 0 aliphatic carbocycles. The van der Waals surface area contributed by atoms with Crippen molar-refractivity contribution in [2.45, 2.75) is 51.3 Å². The van der Waals surface area contributed by atoms with Crippen LogP contribution in [-0.4, -0.2) is 24.0 Å². The van der Waals surface area contributed by atoms with Crippen molar-refractivity contribution in [3.8, 4) is 24.0 Å². The van der Waals surface area contributed by atoms with Crippen molar-refractivity contribution < 1.29 is 9.84 Å². The minimum absolute atomic E-state index is 0.00122. The summed E-state index contributed by atoms with van der Waals surface area (Å²) in [5, 5.41) is 28.7. The van der Waals surface area contributed by atoms with Crippen LogP contribution in [-0.2, 0) is 10.2 Å². The van der Waals surface area contributed by atoms with E-state index in [2.05, 4.69) is 48.7 Å². The molecule has 0 aromatic heterocycles. The van der Waals surface area contributed by atoms with Crippen LogP contribution in [0.1, 0.15) is 50.3 Å². The van der Waals surface area contributed by atoms with Crippen molar-refractivity contribution in [3.63, 3.8) is 0 Å². The first-order valence-corrected chi connectivity index (χ1v) is 10.1. The second-order valence-corrected chi connectivity index (χ2v) is 8.06. The number of aliphatic hydroxyl groups excluding tert-OH is 1. The lowest BCUT2D eigenvalue weighted by molar-refractivity contribution is -0.00382. The molecule has 3 rings (SSSR count). The largest absolute Gasteiger partial charge is 0.458 e. The molecule has 0 amide bonds. The third-order valence-corrected chi connectivity index (χ3v) is 6.01. The normalized spacial score (nSPS) is 27.5. The third kappa shape index (κ3) is 3.51. The van der Waals surface area contributed by atoms with E-state index in [0.29, 0.717) is 29.5 Å². The number of nitriles is 2. The highest BCUT2D eigenvalue weighted by Gasteiger charge is 2.58. The average molecular weight is 406 g/mol. The second-order valence-electron chi connectivity index (χ2n) is 8.06. The predicted octanol–water partition coefficient (Wildman–Crippen LogP) is 1.74. The molecule has 1 aromatic rings. The van der Waals surface area contributed by atoms with Crippen molar-refractivity contribution in [2.75, 3.05) is 6.61 Å². The average Bonchev–Trinajstić information content (AvgIpc) is 3.10. The van der Waals surface area contributed by atoms with Gasteiger partial charge in [-0.25, -0.2) is 5.43 Å². The number of benzene rings is 1. The molecule has 0 bridgehead atoms. The van der Waals surface area contributed by atoms with E-state index in [9.17, 15) is 10.5 Å². The van der Waals surface area contributed by atoms with Gasteiger partial charge in [-0.1, -0.05) is 25.7 Å². The van der Waals surface area contributed by atoms with Crippen molar-refractivity contribution in [1.82, 2.24) is 10.9 Å². The molecule has 4 unspecified atom stereocenters. The summed E-state index contributed by atoms with van der Waals surface area (Å²) in [6, 6.07) is 10.0. The highest BCUT2D eigenvalue weighted by molar-refractivity contribution is 5.54. The molecule has 1 saturated heterocycles. The minimum atomic E-state index is -0.758. The zero-order valence-corrected chi connectivity index (χ0v) is 17.5. The molecule has 7 heteroatoms. The summed E-state index contributed by atoms with van der Waals surface area (Å²) in [7, 11) is 0. The van der Waals surface area contributed by atoms with E-state index in [1.807, 2.05) is 19.1 Å². The van der Waals surface area contributed by atoms with Crippen LogP contribution in [0.5, 0.6) is 0 Å². The molecule has 2 heterocycles. The zero-order chi connectivity index (χ0) is 21.9. The molecule has 30 heavy (non-hydrogen) atoms. The fraction of sp³-hybridized carbons (Fsp3) is 0.478. The van der Waals surface area contributed by atoms with Crippen LogP contribution in [0.25, 0.3) is 0 Å². The Kier molecular flexibility index (Phi) is 6.34. The van der Waals surface area contributed by atoms with Crippen molar-refractivity contribution >= 4 is 0 Å². The molecule has 2 aliphatic heterocycles. The van der Waals surface area contributed by atoms with Crippen molar-refractivity contribution in [1.29, 1.82) is 10.5 Å². The Hall–Kier alpha value is -3.02. The fourth-order valence-corrected chi connectivity index (χ4v) is 4.78. The lowest BCUT2D eigenvalue weighted by Crippen LogP contribution is -2.54. The summed E-state index contributed by atoms with van der Waals surface area (Å²) in [5.41, 5.74) is 14.2.